The van der Waals surface area contributed by atoms with Gasteiger partial charge in [0, 0.05) is 24.2 Å². The first-order chi connectivity index (χ1) is 14.5. The number of amides is 1. The van der Waals surface area contributed by atoms with Gasteiger partial charge in [-0.25, -0.2) is 0 Å². The number of nitrogens with zero attached hydrogens (tertiary/aromatic N) is 2. The third-order valence-electron chi connectivity index (χ3n) is 5.87. The van der Waals surface area contributed by atoms with Crippen LogP contribution in [0.3, 0.4) is 0 Å². The normalized spacial score (nSPS) is 24.5. The number of anilines is 1. The number of carbonyl (C=O) groups is 1. The van der Waals surface area contributed by atoms with Crippen LogP contribution in [0.4, 0.5) is 5.88 Å². The van der Waals surface area contributed by atoms with Gasteiger partial charge in [0.25, 0.3) is 0 Å². The van der Waals surface area contributed by atoms with E-state index in [1.165, 1.54) is 0 Å². The van der Waals surface area contributed by atoms with Crippen molar-refractivity contribution in [2.75, 3.05) is 25.5 Å². The fourth-order valence-electron chi connectivity index (χ4n) is 4.12. The Labute approximate surface area is 184 Å². The summed E-state index contributed by atoms with van der Waals surface area (Å²) < 4.78 is 5.60. The third-order valence-corrected chi connectivity index (χ3v) is 6.93. The molecule has 0 aliphatic carbocycles. The number of alkyl halides is 1. The molecule has 2 aliphatic heterocycles. The number of carbonyl (C=O) groups excluding carboxylic acids is 1. The van der Waals surface area contributed by atoms with Gasteiger partial charge in [-0.15, -0.1) is 0 Å². The minimum absolute atomic E-state index is 0.103. The van der Waals surface area contributed by atoms with Crippen LogP contribution in [-0.2, 0) is 11.3 Å². The van der Waals surface area contributed by atoms with Gasteiger partial charge < -0.3 is 25.3 Å². The van der Waals surface area contributed by atoms with Crippen LogP contribution in [0.1, 0.15) is 34.6 Å². The Bertz CT molecular complexity index is 917. The Balaban J connectivity index is 1.53. The molecule has 0 radical (unpaired) electrons. The van der Waals surface area contributed by atoms with Crippen LogP contribution in [-0.4, -0.2) is 49.1 Å². The monoisotopic (exact) mass is 471 g/mol. The lowest BCUT2D eigenvalue weighted by Gasteiger charge is -2.39. The molecule has 8 heteroatoms. The van der Waals surface area contributed by atoms with Gasteiger partial charge in [0.2, 0.25) is 11.7 Å². The van der Waals surface area contributed by atoms with Crippen LogP contribution >= 0.6 is 15.9 Å². The number of furan rings is 1. The van der Waals surface area contributed by atoms with Crippen molar-refractivity contribution < 1.29 is 9.21 Å². The average Bonchev–Trinajstić information content (AvgIpc) is 3.20. The third kappa shape index (κ3) is 4.53. The highest BCUT2D eigenvalue weighted by molar-refractivity contribution is 9.09. The van der Waals surface area contributed by atoms with Crippen molar-refractivity contribution >= 4 is 27.7 Å². The number of fused-ring (bicyclic) bond motifs is 1. The van der Waals surface area contributed by atoms with Crippen LogP contribution in [0.2, 0.25) is 0 Å². The van der Waals surface area contributed by atoms with E-state index in [0.29, 0.717) is 18.5 Å². The van der Waals surface area contributed by atoms with Gasteiger partial charge in [0.05, 0.1) is 10.9 Å². The van der Waals surface area contributed by atoms with Gasteiger partial charge in [0.15, 0.2) is 5.88 Å². The summed E-state index contributed by atoms with van der Waals surface area (Å²) in [5.41, 5.74) is 1.91. The van der Waals surface area contributed by atoms with Gasteiger partial charge in [-0.05, 0) is 38.5 Å². The zero-order valence-electron chi connectivity index (χ0n) is 16.9. The van der Waals surface area contributed by atoms with E-state index >= 15 is 0 Å². The van der Waals surface area contributed by atoms with E-state index in [2.05, 4.69) is 43.8 Å². The maximum atomic E-state index is 13.2. The number of likely N-dealkylation sites (tertiary alicyclic amines) is 1. The molecule has 1 amide bonds. The summed E-state index contributed by atoms with van der Waals surface area (Å²) in [4.78, 5) is 15.3. The summed E-state index contributed by atoms with van der Waals surface area (Å²) in [5.74, 6) is 0.615. The van der Waals surface area contributed by atoms with E-state index < -0.39 is 6.04 Å². The Kier molecular flexibility index (Phi) is 6.42. The Hall–Kier alpha value is -2.34. The molecule has 0 spiro atoms. The molecule has 2 aliphatic rings. The molecule has 3 unspecified atom stereocenters. The van der Waals surface area contributed by atoms with Crippen molar-refractivity contribution in [1.29, 1.82) is 5.26 Å². The minimum Gasteiger partial charge on any atom is -0.430 e. The number of halogens is 1. The zero-order valence-corrected chi connectivity index (χ0v) is 18.5. The highest BCUT2D eigenvalue weighted by Crippen LogP contribution is 2.41. The minimum atomic E-state index is -0.525. The summed E-state index contributed by atoms with van der Waals surface area (Å²) in [6.07, 6.45) is 2.07. The first-order valence-corrected chi connectivity index (χ1v) is 11.2. The average molecular weight is 472 g/mol. The van der Waals surface area contributed by atoms with Crippen LogP contribution in [0.25, 0.3) is 0 Å². The van der Waals surface area contributed by atoms with E-state index in [1.54, 1.807) is 6.07 Å². The molecule has 1 saturated heterocycles. The molecule has 1 fully saturated rings. The fraction of sp³-hybridized carbons (Fsp3) is 0.455. The summed E-state index contributed by atoms with van der Waals surface area (Å²) in [7, 11) is 2.13. The number of benzene rings is 1. The number of piperidine rings is 1. The summed E-state index contributed by atoms with van der Waals surface area (Å²) in [6.45, 7) is 2.52. The molecule has 1 aromatic carbocycles. The molecule has 3 heterocycles. The highest BCUT2D eigenvalue weighted by atomic mass is 79.9. The van der Waals surface area contributed by atoms with E-state index in [-0.39, 0.29) is 22.5 Å². The highest BCUT2D eigenvalue weighted by Gasteiger charge is 2.42. The van der Waals surface area contributed by atoms with Crippen molar-refractivity contribution in [3.05, 3.63) is 53.3 Å². The maximum Gasteiger partial charge on any atom is 0.244 e. The molecular formula is C22H26BrN5O2. The van der Waals surface area contributed by atoms with Gasteiger partial charge in [-0.3, -0.25) is 4.79 Å². The Morgan fingerprint density at radius 1 is 1.33 bits per heavy atom. The van der Waals surface area contributed by atoms with Gasteiger partial charge in [0.1, 0.15) is 12.1 Å². The van der Waals surface area contributed by atoms with Gasteiger partial charge in [-0.1, -0.05) is 46.3 Å². The lowest BCUT2D eigenvalue weighted by atomic mass is 9.93. The lowest BCUT2D eigenvalue weighted by molar-refractivity contribution is -0.122. The SMILES string of the molecule is CN1CCC(NC2C(C(=O)NCc3ccccc3)Nc3oc(C#N)cc3C2Br)CC1. The van der Waals surface area contributed by atoms with E-state index in [1.807, 2.05) is 36.4 Å². The van der Waals surface area contributed by atoms with Crippen molar-refractivity contribution in [3.63, 3.8) is 0 Å². The molecule has 4 rings (SSSR count). The zero-order chi connectivity index (χ0) is 21.1. The Morgan fingerprint density at radius 3 is 2.77 bits per heavy atom. The molecular weight excluding hydrogens is 446 g/mol. The van der Waals surface area contributed by atoms with Crippen molar-refractivity contribution in [2.45, 2.75) is 42.3 Å². The first kappa shape index (κ1) is 20.9. The molecule has 7 nitrogen and oxygen atoms in total. The molecule has 3 atom stereocenters. The fourth-order valence-corrected chi connectivity index (χ4v) is 4.92. The summed E-state index contributed by atoms with van der Waals surface area (Å²) in [5, 5.41) is 19.2. The van der Waals surface area contributed by atoms with Crippen molar-refractivity contribution in [3.8, 4) is 6.07 Å². The maximum absolute atomic E-state index is 13.2. The van der Waals surface area contributed by atoms with Gasteiger partial charge >= 0.3 is 0 Å². The smallest absolute Gasteiger partial charge is 0.244 e. The van der Waals surface area contributed by atoms with Crippen LogP contribution in [0.15, 0.2) is 40.8 Å². The van der Waals surface area contributed by atoms with E-state index in [9.17, 15) is 10.1 Å². The molecule has 30 heavy (non-hydrogen) atoms. The molecule has 2 aromatic rings. The Morgan fingerprint density at radius 2 is 2.07 bits per heavy atom. The predicted molar refractivity (Wildman–Crippen MR) is 118 cm³/mol. The first-order valence-electron chi connectivity index (χ1n) is 10.3. The largest absolute Gasteiger partial charge is 0.430 e. The molecule has 0 bridgehead atoms. The van der Waals surface area contributed by atoms with Crippen LogP contribution in [0.5, 0.6) is 0 Å². The van der Waals surface area contributed by atoms with E-state index in [0.717, 1.165) is 37.1 Å². The van der Waals surface area contributed by atoms with Crippen LogP contribution in [0, 0.1) is 11.3 Å². The second-order valence-electron chi connectivity index (χ2n) is 8.00. The number of rotatable bonds is 5. The molecule has 1 aromatic heterocycles. The van der Waals surface area contributed by atoms with Crippen LogP contribution < -0.4 is 16.0 Å². The predicted octanol–water partition coefficient (Wildman–Crippen LogP) is 2.75. The summed E-state index contributed by atoms with van der Waals surface area (Å²) in [6, 6.07) is 13.3. The lowest BCUT2D eigenvalue weighted by Crippen LogP contribution is -2.59. The van der Waals surface area contributed by atoms with Gasteiger partial charge in [-0.2, -0.15) is 5.26 Å². The number of nitrogens with one attached hydrogen (secondary N) is 3. The number of nitriles is 1. The second kappa shape index (κ2) is 9.21. The standard InChI is InChI=1S/C22H26BrN5O2/c1-28-9-7-15(8-10-28)26-19-18(23)17-11-16(12-24)30-22(17)27-20(19)21(29)25-13-14-5-3-2-4-6-14/h2-6,11,15,18-20,26-27H,7-10,13H2,1H3,(H,25,29). The van der Waals surface area contributed by atoms with Crippen molar-refractivity contribution in [1.82, 2.24) is 15.5 Å². The quantitative estimate of drug-likeness (QED) is 0.580. The number of hydrogen-bond acceptors (Lipinski definition) is 6. The second-order valence-corrected chi connectivity index (χ2v) is 8.99. The van der Waals surface area contributed by atoms with E-state index in [4.69, 9.17) is 4.42 Å². The molecule has 0 saturated carbocycles. The molecule has 3 N–H and O–H groups in total. The summed E-state index contributed by atoms with van der Waals surface area (Å²) >= 11 is 3.78. The topological polar surface area (TPSA) is 93.3 Å². The van der Waals surface area contributed by atoms with Crippen molar-refractivity contribution in [2.24, 2.45) is 0 Å². The number of hydrogen-bond donors (Lipinski definition) is 3. The molecule has 158 valence electrons.